The third-order valence-corrected chi connectivity index (χ3v) is 5.77. The first-order chi connectivity index (χ1) is 10.4. The van der Waals surface area contributed by atoms with Gasteiger partial charge in [-0.1, -0.05) is 19.4 Å². The zero-order valence-corrected chi connectivity index (χ0v) is 14.8. The molecule has 1 aromatic rings. The van der Waals surface area contributed by atoms with Crippen LogP contribution >= 0.6 is 12.4 Å². The van der Waals surface area contributed by atoms with E-state index in [1.807, 2.05) is 6.92 Å². The molecule has 1 aliphatic rings. The number of rotatable bonds is 7. The zero-order chi connectivity index (χ0) is 16.2. The maximum atomic E-state index is 12.4. The molecule has 2 rings (SSSR count). The third-order valence-electron chi connectivity index (χ3n) is 4.31. The molecular weight excluding hydrogens is 338 g/mol. The second-order valence-corrected chi connectivity index (χ2v) is 7.42. The second-order valence-electron chi connectivity index (χ2n) is 5.66. The smallest absolute Gasteiger partial charge is 0.240 e. The Bertz CT molecular complexity index is 640. The number of carbonyl (C=O) groups is 1. The Kier molecular flexibility index (Phi) is 7.01. The van der Waals surface area contributed by atoms with Crippen LogP contribution in [0.3, 0.4) is 0 Å². The molecule has 0 radical (unpaired) electrons. The summed E-state index contributed by atoms with van der Waals surface area (Å²) in [5, 5.41) is 2.85. The summed E-state index contributed by atoms with van der Waals surface area (Å²) in [6.45, 7) is 2.42. The lowest BCUT2D eigenvalue weighted by Crippen LogP contribution is -2.41. The van der Waals surface area contributed by atoms with Crippen molar-refractivity contribution in [2.45, 2.75) is 37.5 Å². The molecule has 0 bridgehead atoms. The first kappa shape index (κ1) is 19.9. The molecule has 0 aromatic heterocycles. The Labute approximate surface area is 143 Å². The molecule has 0 spiro atoms. The van der Waals surface area contributed by atoms with E-state index in [4.69, 9.17) is 5.73 Å². The predicted molar refractivity (Wildman–Crippen MR) is 93.1 cm³/mol. The van der Waals surface area contributed by atoms with E-state index >= 15 is 0 Å². The van der Waals surface area contributed by atoms with Crippen LogP contribution in [0.2, 0.25) is 0 Å². The summed E-state index contributed by atoms with van der Waals surface area (Å²) in [5.41, 5.74) is 5.53. The normalized spacial score (nSPS) is 16.1. The van der Waals surface area contributed by atoms with E-state index in [-0.39, 0.29) is 41.7 Å². The van der Waals surface area contributed by atoms with Gasteiger partial charge in [0.1, 0.15) is 0 Å². The van der Waals surface area contributed by atoms with E-state index in [1.165, 1.54) is 12.1 Å². The first-order valence-electron chi connectivity index (χ1n) is 7.55. The SMILES string of the molecule is CCC1(C(=O)Nc2cccc(S(=O)(=O)NCCN)c2)CCC1.Cl. The van der Waals surface area contributed by atoms with Gasteiger partial charge < -0.3 is 11.1 Å². The van der Waals surface area contributed by atoms with Gasteiger partial charge in [-0.25, -0.2) is 13.1 Å². The van der Waals surface area contributed by atoms with Gasteiger partial charge in [0.2, 0.25) is 15.9 Å². The average molecular weight is 362 g/mol. The molecule has 8 heteroatoms. The molecular formula is C15H24ClN3O3S. The summed E-state index contributed by atoms with van der Waals surface area (Å²) in [7, 11) is -3.59. The molecule has 6 nitrogen and oxygen atoms in total. The number of benzene rings is 1. The van der Waals surface area contributed by atoms with Crippen LogP contribution in [0.1, 0.15) is 32.6 Å². The van der Waals surface area contributed by atoms with Crippen molar-refractivity contribution < 1.29 is 13.2 Å². The highest BCUT2D eigenvalue weighted by Gasteiger charge is 2.42. The lowest BCUT2D eigenvalue weighted by molar-refractivity contribution is -0.130. The van der Waals surface area contributed by atoms with Gasteiger partial charge in [0.05, 0.1) is 4.90 Å². The summed E-state index contributed by atoms with van der Waals surface area (Å²) in [6.07, 6.45) is 3.66. The van der Waals surface area contributed by atoms with Crippen molar-refractivity contribution in [3.05, 3.63) is 24.3 Å². The van der Waals surface area contributed by atoms with Crippen molar-refractivity contribution in [2.24, 2.45) is 11.1 Å². The van der Waals surface area contributed by atoms with Crippen LogP contribution in [0.25, 0.3) is 0 Å². The molecule has 0 heterocycles. The van der Waals surface area contributed by atoms with Gasteiger partial charge in [0.25, 0.3) is 0 Å². The number of nitrogens with one attached hydrogen (secondary N) is 2. The molecule has 0 atom stereocenters. The van der Waals surface area contributed by atoms with Crippen LogP contribution in [-0.2, 0) is 14.8 Å². The molecule has 1 amide bonds. The quantitative estimate of drug-likeness (QED) is 0.689. The monoisotopic (exact) mass is 361 g/mol. The summed E-state index contributed by atoms with van der Waals surface area (Å²) in [4.78, 5) is 12.5. The molecule has 130 valence electrons. The topological polar surface area (TPSA) is 101 Å². The van der Waals surface area contributed by atoms with Gasteiger partial charge in [0.15, 0.2) is 0 Å². The van der Waals surface area contributed by atoms with Crippen LogP contribution in [0.4, 0.5) is 5.69 Å². The minimum absolute atomic E-state index is 0. The van der Waals surface area contributed by atoms with Crippen molar-refractivity contribution in [3.8, 4) is 0 Å². The Morgan fingerprint density at radius 3 is 2.57 bits per heavy atom. The van der Waals surface area contributed by atoms with Crippen molar-refractivity contribution >= 4 is 34.0 Å². The maximum Gasteiger partial charge on any atom is 0.240 e. The molecule has 1 aliphatic carbocycles. The molecule has 0 aliphatic heterocycles. The molecule has 1 fully saturated rings. The highest BCUT2D eigenvalue weighted by atomic mass is 35.5. The fourth-order valence-corrected chi connectivity index (χ4v) is 3.72. The molecule has 23 heavy (non-hydrogen) atoms. The van der Waals surface area contributed by atoms with Gasteiger partial charge >= 0.3 is 0 Å². The van der Waals surface area contributed by atoms with Crippen molar-refractivity contribution in [1.82, 2.24) is 4.72 Å². The van der Waals surface area contributed by atoms with Crippen molar-refractivity contribution in [3.63, 3.8) is 0 Å². The lowest BCUT2D eigenvalue weighted by Gasteiger charge is -2.39. The van der Waals surface area contributed by atoms with Crippen molar-refractivity contribution in [1.29, 1.82) is 0 Å². The Hall–Kier alpha value is -1.15. The number of carbonyl (C=O) groups excluding carboxylic acids is 1. The van der Waals surface area contributed by atoms with Crippen LogP contribution < -0.4 is 15.8 Å². The summed E-state index contributed by atoms with van der Waals surface area (Å²) in [6, 6.07) is 6.28. The number of sulfonamides is 1. The second kappa shape index (κ2) is 8.10. The minimum atomic E-state index is -3.59. The molecule has 1 saturated carbocycles. The molecule has 0 saturated heterocycles. The van der Waals surface area contributed by atoms with E-state index in [9.17, 15) is 13.2 Å². The van der Waals surface area contributed by atoms with Gasteiger partial charge in [0, 0.05) is 24.2 Å². The number of hydrogen-bond acceptors (Lipinski definition) is 4. The predicted octanol–water partition coefficient (Wildman–Crippen LogP) is 1.86. The number of nitrogens with two attached hydrogens (primary N) is 1. The highest BCUT2D eigenvalue weighted by Crippen LogP contribution is 2.44. The zero-order valence-electron chi connectivity index (χ0n) is 13.2. The number of anilines is 1. The Balaban J connectivity index is 0.00000264. The Morgan fingerprint density at radius 2 is 2.04 bits per heavy atom. The fourth-order valence-electron chi connectivity index (χ4n) is 2.63. The highest BCUT2D eigenvalue weighted by molar-refractivity contribution is 7.89. The lowest BCUT2D eigenvalue weighted by atomic mass is 9.66. The van der Waals surface area contributed by atoms with E-state index in [2.05, 4.69) is 10.0 Å². The minimum Gasteiger partial charge on any atom is -0.329 e. The summed E-state index contributed by atoms with van der Waals surface area (Å²) >= 11 is 0. The number of hydrogen-bond donors (Lipinski definition) is 3. The van der Waals surface area contributed by atoms with Gasteiger partial charge in [-0.15, -0.1) is 12.4 Å². The van der Waals surface area contributed by atoms with E-state index in [0.717, 1.165) is 25.7 Å². The van der Waals surface area contributed by atoms with Crippen LogP contribution in [0, 0.1) is 5.41 Å². The third kappa shape index (κ3) is 4.44. The molecule has 1 aromatic carbocycles. The fraction of sp³-hybridized carbons (Fsp3) is 0.533. The van der Waals surface area contributed by atoms with Gasteiger partial charge in [-0.3, -0.25) is 4.79 Å². The average Bonchev–Trinajstić information content (AvgIpc) is 2.45. The van der Waals surface area contributed by atoms with Gasteiger partial charge in [-0.2, -0.15) is 0 Å². The summed E-state index contributed by atoms with van der Waals surface area (Å²) < 4.78 is 26.5. The van der Waals surface area contributed by atoms with Gasteiger partial charge in [-0.05, 0) is 37.5 Å². The number of amides is 1. The van der Waals surface area contributed by atoms with Crippen LogP contribution in [0.15, 0.2) is 29.2 Å². The molecule has 0 unspecified atom stereocenters. The first-order valence-corrected chi connectivity index (χ1v) is 9.03. The summed E-state index contributed by atoms with van der Waals surface area (Å²) in [5.74, 6) is -0.0225. The van der Waals surface area contributed by atoms with Crippen LogP contribution in [-0.4, -0.2) is 27.4 Å². The van der Waals surface area contributed by atoms with E-state index in [0.29, 0.717) is 5.69 Å². The van der Waals surface area contributed by atoms with Crippen LogP contribution in [0.5, 0.6) is 0 Å². The van der Waals surface area contributed by atoms with Crippen molar-refractivity contribution in [2.75, 3.05) is 18.4 Å². The number of halogens is 1. The van der Waals surface area contributed by atoms with E-state index < -0.39 is 10.0 Å². The maximum absolute atomic E-state index is 12.4. The largest absolute Gasteiger partial charge is 0.329 e. The molecule has 4 N–H and O–H groups in total. The standard InChI is InChI=1S/C15H23N3O3S.ClH/c1-2-15(7-4-8-15)14(19)18-12-5-3-6-13(11-12)22(20,21)17-10-9-16;/h3,5-6,11,17H,2,4,7-10,16H2,1H3,(H,18,19);1H. The van der Waals surface area contributed by atoms with E-state index in [1.54, 1.807) is 12.1 Å². The Morgan fingerprint density at radius 1 is 1.35 bits per heavy atom.